The molecule has 0 atom stereocenters. The van der Waals surface area contributed by atoms with Crippen molar-refractivity contribution >= 4 is 26.8 Å². The van der Waals surface area contributed by atoms with Gasteiger partial charge in [0.1, 0.15) is 11.5 Å². The summed E-state index contributed by atoms with van der Waals surface area (Å²) in [5.74, 6) is 1.47. The Bertz CT molecular complexity index is 695. The van der Waals surface area contributed by atoms with E-state index in [1.54, 1.807) is 18.6 Å². The highest BCUT2D eigenvalue weighted by atomic mass is 79.9. The highest BCUT2D eigenvalue weighted by Crippen LogP contribution is 2.29. The minimum absolute atomic E-state index is 0.695. The van der Waals surface area contributed by atoms with Crippen LogP contribution in [0, 0.1) is 0 Å². The highest BCUT2D eigenvalue weighted by molar-refractivity contribution is 9.10. The first-order valence-electron chi connectivity index (χ1n) is 5.45. The fraction of sp³-hybridized carbons (Fsp3) is 0. The predicted octanol–water partition coefficient (Wildman–Crippen LogP) is 4.18. The van der Waals surface area contributed by atoms with E-state index in [1.807, 2.05) is 36.4 Å². The molecule has 18 heavy (non-hydrogen) atoms. The number of benzene rings is 1. The number of nitrogens with zero attached hydrogens (tertiary/aromatic N) is 2. The summed E-state index contributed by atoms with van der Waals surface area (Å²) in [7, 11) is 0. The summed E-state index contributed by atoms with van der Waals surface area (Å²) in [5.41, 5.74) is 0.915. The van der Waals surface area contributed by atoms with Gasteiger partial charge in [-0.2, -0.15) is 0 Å². The van der Waals surface area contributed by atoms with E-state index in [0.29, 0.717) is 5.75 Å². The molecule has 3 nitrogen and oxygen atoms in total. The van der Waals surface area contributed by atoms with Crippen molar-refractivity contribution in [3.8, 4) is 11.5 Å². The molecule has 0 bridgehead atoms. The lowest BCUT2D eigenvalue weighted by Gasteiger charge is -2.08. The van der Waals surface area contributed by atoms with Gasteiger partial charge in [0.25, 0.3) is 0 Å². The molecule has 1 aromatic carbocycles. The summed E-state index contributed by atoms with van der Waals surface area (Å²) in [4.78, 5) is 8.37. The van der Waals surface area contributed by atoms with E-state index in [9.17, 15) is 0 Å². The molecule has 0 aliphatic heterocycles. The lowest BCUT2D eigenvalue weighted by atomic mass is 10.2. The summed E-state index contributed by atoms with van der Waals surface area (Å²) in [6, 6.07) is 11.6. The molecule has 0 fully saturated rings. The second-order valence-electron chi connectivity index (χ2n) is 3.77. The summed E-state index contributed by atoms with van der Waals surface area (Å²) in [6.45, 7) is 0. The molecule has 0 saturated carbocycles. The minimum Gasteiger partial charge on any atom is -0.455 e. The average Bonchev–Trinajstić information content (AvgIpc) is 2.39. The standard InChI is InChI=1S/C14H9BrN2O/c15-10-7-11(9-16-8-10)18-14-5-6-17-13-4-2-1-3-12(13)14/h1-9H. The Balaban J connectivity index is 2.05. The molecule has 88 valence electrons. The van der Waals surface area contributed by atoms with Crippen molar-refractivity contribution in [2.24, 2.45) is 0 Å². The molecule has 0 spiro atoms. The second kappa shape index (κ2) is 4.74. The fourth-order valence-corrected chi connectivity index (χ4v) is 2.08. The number of para-hydroxylation sites is 1. The SMILES string of the molecule is Brc1cncc(Oc2ccnc3ccccc23)c1. The largest absolute Gasteiger partial charge is 0.455 e. The molecule has 2 heterocycles. The van der Waals surface area contributed by atoms with E-state index in [2.05, 4.69) is 25.9 Å². The van der Waals surface area contributed by atoms with E-state index in [-0.39, 0.29) is 0 Å². The van der Waals surface area contributed by atoms with Gasteiger partial charge in [-0.05, 0) is 40.2 Å². The molecule has 4 heteroatoms. The third-order valence-corrected chi connectivity index (χ3v) is 2.95. The van der Waals surface area contributed by atoms with Crippen LogP contribution in [0.15, 0.2) is 59.5 Å². The predicted molar refractivity (Wildman–Crippen MR) is 73.8 cm³/mol. The van der Waals surface area contributed by atoms with Gasteiger partial charge < -0.3 is 4.74 Å². The maximum Gasteiger partial charge on any atom is 0.146 e. The molecular weight excluding hydrogens is 292 g/mol. The van der Waals surface area contributed by atoms with Crippen LogP contribution in [0.3, 0.4) is 0 Å². The zero-order valence-corrected chi connectivity index (χ0v) is 11.0. The number of aromatic nitrogens is 2. The summed E-state index contributed by atoms with van der Waals surface area (Å²) >= 11 is 3.37. The van der Waals surface area contributed by atoms with Crippen LogP contribution in [0.2, 0.25) is 0 Å². The van der Waals surface area contributed by atoms with Crippen LogP contribution in [0.4, 0.5) is 0 Å². The smallest absolute Gasteiger partial charge is 0.146 e. The zero-order valence-electron chi connectivity index (χ0n) is 9.38. The lowest BCUT2D eigenvalue weighted by molar-refractivity contribution is 0.485. The zero-order chi connectivity index (χ0) is 12.4. The molecule has 0 aliphatic carbocycles. The first kappa shape index (κ1) is 11.2. The van der Waals surface area contributed by atoms with Crippen LogP contribution >= 0.6 is 15.9 Å². The van der Waals surface area contributed by atoms with Crippen molar-refractivity contribution in [2.45, 2.75) is 0 Å². The monoisotopic (exact) mass is 300 g/mol. The van der Waals surface area contributed by atoms with E-state index in [1.165, 1.54) is 0 Å². The van der Waals surface area contributed by atoms with Crippen LogP contribution in [0.25, 0.3) is 10.9 Å². The third kappa shape index (κ3) is 2.19. The van der Waals surface area contributed by atoms with Gasteiger partial charge in [-0.15, -0.1) is 0 Å². The Morgan fingerprint density at radius 1 is 1.06 bits per heavy atom. The number of hydrogen-bond donors (Lipinski definition) is 0. The molecule has 0 radical (unpaired) electrons. The van der Waals surface area contributed by atoms with Crippen molar-refractivity contribution < 1.29 is 4.74 Å². The summed E-state index contributed by atoms with van der Waals surface area (Å²) in [6.07, 6.45) is 5.14. The Labute approximate surface area is 113 Å². The Morgan fingerprint density at radius 2 is 1.94 bits per heavy atom. The van der Waals surface area contributed by atoms with Crippen LogP contribution in [0.5, 0.6) is 11.5 Å². The maximum atomic E-state index is 5.84. The maximum absolute atomic E-state index is 5.84. The average molecular weight is 301 g/mol. The van der Waals surface area contributed by atoms with Crippen LogP contribution in [-0.2, 0) is 0 Å². The third-order valence-electron chi connectivity index (χ3n) is 2.52. The van der Waals surface area contributed by atoms with Gasteiger partial charge in [0.15, 0.2) is 0 Å². The molecule has 3 rings (SSSR count). The number of hydrogen-bond acceptors (Lipinski definition) is 3. The molecule has 0 N–H and O–H groups in total. The van der Waals surface area contributed by atoms with Crippen molar-refractivity contribution in [3.63, 3.8) is 0 Å². The van der Waals surface area contributed by atoms with E-state index in [4.69, 9.17) is 4.74 Å². The van der Waals surface area contributed by atoms with Gasteiger partial charge in [0, 0.05) is 22.3 Å². The summed E-state index contributed by atoms with van der Waals surface area (Å²) in [5, 5.41) is 0.986. The highest BCUT2D eigenvalue weighted by Gasteiger charge is 2.04. The van der Waals surface area contributed by atoms with Crippen molar-refractivity contribution in [1.29, 1.82) is 0 Å². The number of fused-ring (bicyclic) bond motifs is 1. The van der Waals surface area contributed by atoms with Crippen molar-refractivity contribution in [1.82, 2.24) is 9.97 Å². The normalized spacial score (nSPS) is 10.5. The van der Waals surface area contributed by atoms with Gasteiger partial charge >= 0.3 is 0 Å². The van der Waals surface area contributed by atoms with Gasteiger partial charge in [0.2, 0.25) is 0 Å². The Kier molecular flexibility index (Phi) is 2.94. The molecule has 0 aliphatic rings. The number of pyridine rings is 2. The van der Waals surface area contributed by atoms with Crippen LogP contribution in [0.1, 0.15) is 0 Å². The number of halogens is 1. The topological polar surface area (TPSA) is 35.0 Å². The van der Waals surface area contributed by atoms with Gasteiger partial charge in [-0.3, -0.25) is 9.97 Å². The van der Waals surface area contributed by atoms with Gasteiger partial charge in [-0.1, -0.05) is 12.1 Å². The van der Waals surface area contributed by atoms with Crippen molar-refractivity contribution in [3.05, 3.63) is 59.5 Å². The summed E-state index contributed by atoms with van der Waals surface area (Å²) < 4.78 is 6.73. The quantitative estimate of drug-likeness (QED) is 0.712. The Morgan fingerprint density at radius 3 is 2.83 bits per heavy atom. The van der Waals surface area contributed by atoms with Crippen molar-refractivity contribution in [2.75, 3.05) is 0 Å². The molecule has 0 unspecified atom stereocenters. The number of ether oxygens (including phenoxy) is 1. The van der Waals surface area contributed by atoms with E-state index in [0.717, 1.165) is 21.1 Å². The first-order chi connectivity index (χ1) is 8.83. The molecule has 3 aromatic rings. The second-order valence-corrected chi connectivity index (χ2v) is 4.68. The first-order valence-corrected chi connectivity index (χ1v) is 6.24. The van der Waals surface area contributed by atoms with E-state index >= 15 is 0 Å². The van der Waals surface area contributed by atoms with Crippen LogP contribution < -0.4 is 4.74 Å². The number of rotatable bonds is 2. The van der Waals surface area contributed by atoms with Gasteiger partial charge in [-0.25, -0.2) is 0 Å². The lowest BCUT2D eigenvalue weighted by Crippen LogP contribution is -1.88. The molecule has 0 amide bonds. The minimum atomic E-state index is 0.695. The molecule has 2 aromatic heterocycles. The molecule has 0 saturated heterocycles. The molecular formula is C14H9BrN2O. The van der Waals surface area contributed by atoms with Crippen LogP contribution in [-0.4, -0.2) is 9.97 Å². The fourth-order valence-electron chi connectivity index (χ4n) is 1.73. The van der Waals surface area contributed by atoms with Gasteiger partial charge in [0.05, 0.1) is 11.7 Å². The Hall–Kier alpha value is -1.94. The van der Waals surface area contributed by atoms with E-state index < -0.39 is 0 Å².